The van der Waals surface area contributed by atoms with E-state index in [1.807, 2.05) is 0 Å². The van der Waals surface area contributed by atoms with Gasteiger partial charge in [0, 0.05) is 25.2 Å². The van der Waals surface area contributed by atoms with Gasteiger partial charge in [0.25, 0.3) is 0 Å². The Balaban J connectivity index is 1.60. The molecule has 1 N–H and O–H groups in total. The number of hydrogen-bond donors (Lipinski definition) is 1. The predicted molar refractivity (Wildman–Crippen MR) is 66.2 cm³/mol. The summed E-state index contributed by atoms with van der Waals surface area (Å²) < 4.78 is 0. The number of nitrogens with one attached hydrogen (secondary N) is 1. The summed E-state index contributed by atoms with van der Waals surface area (Å²) in [5.74, 6) is 0.888. The summed E-state index contributed by atoms with van der Waals surface area (Å²) in [6.07, 6.45) is 2.80. The third-order valence-electron chi connectivity index (χ3n) is 4.23. The molecule has 0 amide bonds. The van der Waals surface area contributed by atoms with E-state index >= 15 is 0 Å². The molecule has 0 aromatic heterocycles. The first-order valence-electron chi connectivity index (χ1n) is 6.32. The average molecular weight is 216 g/mol. The van der Waals surface area contributed by atoms with E-state index in [2.05, 4.69) is 47.6 Å². The Morgan fingerprint density at radius 1 is 1.25 bits per heavy atom. The molecule has 1 saturated heterocycles. The minimum absolute atomic E-state index is 0.727. The molecular formula is C14H20N2. The van der Waals surface area contributed by atoms with Crippen LogP contribution in [0.3, 0.4) is 0 Å². The van der Waals surface area contributed by atoms with Gasteiger partial charge in [-0.15, -0.1) is 0 Å². The summed E-state index contributed by atoms with van der Waals surface area (Å²) in [7, 11) is 2.26. The Morgan fingerprint density at radius 3 is 2.69 bits per heavy atom. The number of fused-ring (bicyclic) bond motifs is 2. The molecule has 1 aromatic carbocycles. The predicted octanol–water partition coefficient (Wildman–Crippen LogP) is 1.87. The lowest BCUT2D eigenvalue weighted by Crippen LogP contribution is -2.39. The maximum Gasteiger partial charge on any atom is 0.0266 e. The molecular weight excluding hydrogens is 196 g/mol. The molecule has 0 unspecified atom stereocenters. The smallest absolute Gasteiger partial charge is 0.0266 e. The summed E-state index contributed by atoms with van der Waals surface area (Å²) in [6, 6.07) is 12.2. The van der Waals surface area contributed by atoms with Crippen LogP contribution >= 0.6 is 0 Å². The summed E-state index contributed by atoms with van der Waals surface area (Å²) in [6.45, 7) is 2.31. The van der Waals surface area contributed by atoms with Gasteiger partial charge in [0.2, 0.25) is 0 Å². The van der Waals surface area contributed by atoms with Crippen LogP contribution in [-0.4, -0.2) is 30.6 Å². The van der Waals surface area contributed by atoms with Crippen LogP contribution in [0.4, 0.5) is 0 Å². The molecule has 2 nitrogen and oxygen atoms in total. The highest BCUT2D eigenvalue weighted by molar-refractivity contribution is 5.15. The number of benzene rings is 1. The van der Waals surface area contributed by atoms with Gasteiger partial charge in [0.1, 0.15) is 0 Å². The molecule has 2 heteroatoms. The van der Waals surface area contributed by atoms with Crippen LogP contribution in [-0.2, 0) is 6.54 Å². The van der Waals surface area contributed by atoms with E-state index in [0.29, 0.717) is 0 Å². The van der Waals surface area contributed by atoms with Gasteiger partial charge in [-0.05, 0) is 31.4 Å². The number of piperidine rings is 1. The van der Waals surface area contributed by atoms with Crippen molar-refractivity contribution in [3.8, 4) is 0 Å². The van der Waals surface area contributed by atoms with Crippen LogP contribution in [0.1, 0.15) is 18.4 Å². The fourth-order valence-corrected chi connectivity index (χ4v) is 3.40. The van der Waals surface area contributed by atoms with E-state index in [-0.39, 0.29) is 0 Å². The lowest BCUT2D eigenvalue weighted by molar-refractivity contribution is 0.255. The fourth-order valence-electron chi connectivity index (χ4n) is 3.40. The highest BCUT2D eigenvalue weighted by Gasteiger charge is 2.44. The van der Waals surface area contributed by atoms with Gasteiger partial charge < -0.3 is 10.2 Å². The molecule has 1 aromatic rings. The molecule has 0 spiro atoms. The van der Waals surface area contributed by atoms with E-state index in [1.165, 1.54) is 24.9 Å². The molecule has 16 heavy (non-hydrogen) atoms. The molecule has 1 aliphatic heterocycles. The molecule has 1 heterocycles. The molecule has 86 valence electrons. The SMILES string of the molecule is CN1C[C@H]2CC[C@@H]1[C@@H]2NCc1ccccc1. The quantitative estimate of drug-likeness (QED) is 0.830. The fraction of sp³-hybridized carbons (Fsp3) is 0.571. The third-order valence-corrected chi connectivity index (χ3v) is 4.23. The van der Waals surface area contributed by atoms with Gasteiger partial charge in [-0.3, -0.25) is 0 Å². The lowest BCUT2D eigenvalue weighted by atomic mass is 10.1. The molecule has 1 saturated carbocycles. The van der Waals surface area contributed by atoms with E-state index in [1.54, 1.807) is 0 Å². The zero-order valence-corrected chi connectivity index (χ0v) is 9.89. The Morgan fingerprint density at radius 2 is 2.06 bits per heavy atom. The highest BCUT2D eigenvalue weighted by atomic mass is 15.2. The normalized spacial score (nSPS) is 33.4. The summed E-state index contributed by atoms with van der Waals surface area (Å²) >= 11 is 0. The van der Waals surface area contributed by atoms with Crippen molar-refractivity contribution < 1.29 is 0 Å². The molecule has 3 rings (SSSR count). The summed E-state index contributed by atoms with van der Waals surface area (Å²) in [5, 5.41) is 3.75. The highest BCUT2D eigenvalue weighted by Crippen LogP contribution is 2.36. The second-order valence-corrected chi connectivity index (χ2v) is 5.24. The van der Waals surface area contributed by atoms with Crippen LogP contribution < -0.4 is 5.32 Å². The molecule has 0 radical (unpaired) electrons. The monoisotopic (exact) mass is 216 g/mol. The van der Waals surface area contributed by atoms with Crippen molar-refractivity contribution in [3.05, 3.63) is 35.9 Å². The maximum atomic E-state index is 3.75. The molecule has 2 bridgehead atoms. The Bertz CT molecular complexity index is 349. The van der Waals surface area contributed by atoms with Crippen LogP contribution in [0, 0.1) is 5.92 Å². The van der Waals surface area contributed by atoms with E-state index in [0.717, 1.165) is 24.5 Å². The van der Waals surface area contributed by atoms with Crippen molar-refractivity contribution in [1.82, 2.24) is 10.2 Å². The lowest BCUT2D eigenvalue weighted by Gasteiger charge is -2.22. The van der Waals surface area contributed by atoms with Crippen molar-refractivity contribution in [2.24, 2.45) is 5.92 Å². The van der Waals surface area contributed by atoms with Crippen LogP contribution in [0.25, 0.3) is 0 Å². The van der Waals surface area contributed by atoms with E-state index in [4.69, 9.17) is 0 Å². The second kappa shape index (κ2) is 4.19. The van der Waals surface area contributed by atoms with Gasteiger partial charge in [0.05, 0.1) is 0 Å². The first-order chi connectivity index (χ1) is 7.84. The first-order valence-corrected chi connectivity index (χ1v) is 6.32. The van der Waals surface area contributed by atoms with Crippen molar-refractivity contribution in [1.29, 1.82) is 0 Å². The number of nitrogens with zero attached hydrogens (tertiary/aromatic N) is 1. The Labute approximate surface area is 97.6 Å². The van der Waals surface area contributed by atoms with Gasteiger partial charge in [-0.1, -0.05) is 30.3 Å². The zero-order chi connectivity index (χ0) is 11.0. The van der Waals surface area contributed by atoms with Crippen molar-refractivity contribution in [3.63, 3.8) is 0 Å². The maximum absolute atomic E-state index is 3.75. The summed E-state index contributed by atoms with van der Waals surface area (Å²) in [4.78, 5) is 2.52. The number of rotatable bonds is 3. The minimum Gasteiger partial charge on any atom is -0.308 e. The van der Waals surface area contributed by atoms with Crippen molar-refractivity contribution in [2.45, 2.75) is 31.5 Å². The number of likely N-dealkylation sites (N-methyl/N-ethyl adjacent to an activating group) is 1. The summed E-state index contributed by atoms with van der Waals surface area (Å²) in [5.41, 5.74) is 1.40. The van der Waals surface area contributed by atoms with Crippen LogP contribution in [0.2, 0.25) is 0 Å². The second-order valence-electron chi connectivity index (χ2n) is 5.24. The van der Waals surface area contributed by atoms with Crippen molar-refractivity contribution >= 4 is 0 Å². The molecule has 1 aliphatic carbocycles. The molecule has 2 fully saturated rings. The molecule has 3 atom stereocenters. The third kappa shape index (κ3) is 1.76. The number of likely N-dealkylation sites (tertiary alicyclic amines) is 1. The first kappa shape index (κ1) is 10.3. The van der Waals surface area contributed by atoms with Crippen LogP contribution in [0.15, 0.2) is 30.3 Å². The van der Waals surface area contributed by atoms with Crippen molar-refractivity contribution in [2.75, 3.05) is 13.6 Å². The van der Waals surface area contributed by atoms with Gasteiger partial charge in [-0.2, -0.15) is 0 Å². The van der Waals surface area contributed by atoms with E-state index in [9.17, 15) is 0 Å². The topological polar surface area (TPSA) is 15.3 Å². The zero-order valence-electron chi connectivity index (χ0n) is 9.89. The average Bonchev–Trinajstić information content (AvgIpc) is 2.83. The Kier molecular flexibility index (Phi) is 2.70. The van der Waals surface area contributed by atoms with E-state index < -0.39 is 0 Å². The minimum atomic E-state index is 0.727. The van der Waals surface area contributed by atoms with Gasteiger partial charge in [-0.25, -0.2) is 0 Å². The van der Waals surface area contributed by atoms with Gasteiger partial charge in [0.15, 0.2) is 0 Å². The molecule has 2 aliphatic rings. The largest absolute Gasteiger partial charge is 0.308 e. The van der Waals surface area contributed by atoms with Gasteiger partial charge >= 0.3 is 0 Å². The van der Waals surface area contributed by atoms with Crippen LogP contribution in [0.5, 0.6) is 0 Å². The Hall–Kier alpha value is -0.860. The standard InChI is InChI=1S/C14H20N2/c1-16-10-12-7-8-13(16)14(12)15-9-11-5-3-2-4-6-11/h2-6,12-15H,7-10H2,1H3/t12-,13-,14-/m1/s1. The number of hydrogen-bond acceptors (Lipinski definition) is 2.